The van der Waals surface area contributed by atoms with Crippen molar-refractivity contribution in [2.24, 2.45) is 5.84 Å². The van der Waals surface area contributed by atoms with E-state index in [9.17, 15) is 0 Å². The van der Waals surface area contributed by atoms with Crippen LogP contribution in [0.4, 0.5) is 5.69 Å². The predicted octanol–water partition coefficient (Wildman–Crippen LogP) is 3.24. The minimum absolute atomic E-state index is 0.258. The van der Waals surface area contributed by atoms with Crippen LogP contribution in [0.25, 0.3) is 0 Å². The molecular weight excluding hydrogens is 304 g/mol. The number of hydrazine groups is 1. The van der Waals surface area contributed by atoms with Crippen molar-refractivity contribution in [3.05, 3.63) is 36.3 Å². The van der Waals surface area contributed by atoms with Gasteiger partial charge in [-0.1, -0.05) is 46.4 Å². The van der Waals surface area contributed by atoms with Crippen molar-refractivity contribution in [3.63, 3.8) is 0 Å². The molecular formula is C6H5Cl4N3O3. The molecule has 16 heavy (non-hydrogen) atoms. The third-order valence-corrected chi connectivity index (χ3v) is 2.83. The average Bonchev–Trinajstić information content (AvgIpc) is 2.15. The molecule has 0 fully saturated rings. The Morgan fingerprint density at radius 2 is 1.56 bits per heavy atom. The quantitative estimate of drug-likeness (QED) is 0.320. The molecule has 0 aliphatic heterocycles. The number of anilines is 1. The van der Waals surface area contributed by atoms with Crippen molar-refractivity contribution in [3.8, 4) is 0 Å². The lowest BCUT2D eigenvalue weighted by Crippen LogP contribution is -2.08. The van der Waals surface area contributed by atoms with E-state index in [1.54, 1.807) is 0 Å². The third kappa shape index (κ3) is 4.46. The zero-order valence-corrected chi connectivity index (χ0v) is 10.4. The Morgan fingerprint density at radius 3 is 1.81 bits per heavy atom. The lowest BCUT2D eigenvalue weighted by molar-refractivity contribution is -0.742. The largest absolute Gasteiger partial charge is 0.328 e. The van der Waals surface area contributed by atoms with Gasteiger partial charge in [-0.05, 0) is 6.07 Å². The van der Waals surface area contributed by atoms with E-state index >= 15 is 0 Å². The van der Waals surface area contributed by atoms with Crippen molar-refractivity contribution in [2.45, 2.75) is 0 Å². The fraction of sp³-hybridized carbons (Fsp3) is 0. The number of nitrogens with zero attached hydrogens (tertiary/aromatic N) is 1. The molecule has 1 aromatic rings. The molecule has 0 radical (unpaired) electrons. The summed E-state index contributed by atoms with van der Waals surface area (Å²) in [4.78, 5) is 8.36. The van der Waals surface area contributed by atoms with E-state index in [4.69, 9.17) is 67.6 Å². The molecule has 0 bridgehead atoms. The fourth-order valence-corrected chi connectivity index (χ4v) is 1.62. The number of rotatable bonds is 1. The molecule has 10 heteroatoms. The Bertz CT molecular complexity index is 371. The van der Waals surface area contributed by atoms with Crippen LogP contribution in [0.15, 0.2) is 6.07 Å². The first-order valence-corrected chi connectivity index (χ1v) is 4.95. The molecule has 0 saturated heterocycles. The smallest absolute Gasteiger partial charge is 0.291 e. The van der Waals surface area contributed by atoms with Gasteiger partial charge in [0.15, 0.2) is 0 Å². The van der Waals surface area contributed by atoms with Crippen molar-refractivity contribution < 1.29 is 10.3 Å². The summed E-state index contributed by atoms with van der Waals surface area (Å²) >= 11 is 22.9. The first-order valence-electron chi connectivity index (χ1n) is 3.44. The van der Waals surface area contributed by atoms with Gasteiger partial charge in [-0.2, -0.15) is 0 Å². The molecule has 6 nitrogen and oxygen atoms in total. The van der Waals surface area contributed by atoms with Gasteiger partial charge in [0.05, 0.1) is 25.8 Å². The van der Waals surface area contributed by atoms with Crippen LogP contribution in [-0.4, -0.2) is 10.3 Å². The third-order valence-electron chi connectivity index (χ3n) is 1.26. The van der Waals surface area contributed by atoms with Gasteiger partial charge in [0, 0.05) is 0 Å². The SMILES string of the molecule is NNc1c(Cl)c(Cl)cc(Cl)c1Cl.O=[N+]([O-])O. The number of benzene rings is 1. The molecule has 0 aliphatic rings. The fourth-order valence-electron chi connectivity index (χ4n) is 0.700. The van der Waals surface area contributed by atoms with Gasteiger partial charge in [-0.25, -0.2) is 0 Å². The lowest BCUT2D eigenvalue weighted by atomic mass is 10.3. The molecule has 0 atom stereocenters. The van der Waals surface area contributed by atoms with Crippen LogP contribution in [0.1, 0.15) is 0 Å². The zero-order valence-electron chi connectivity index (χ0n) is 7.38. The Labute approximate surface area is 110 Å². The van der Waals surface area contributed by atoms with Gasteiger partial charge >= 0.3 is 0 Å². The van der Waals surface area contributed by atoms with Crippen molar-refractivity contribution in [2.75, 3.05) is 5.43 Å². The van der Waals surface area contributed by atoms with Crippen LogP contribution in [0.2, 0.25) is 20.1 Å². The molecule has 0 aromatic heterocycles. The Hall–Kier alpha value is -0.660. The number of nitrogen functional groups attached to an aromatic ring is 1. The summed E-state index contributed by atoms with van der Waals surface area (Å²) in [5, 5.41) is 14.8. The van der Waals surface area contributed by atoms with E-state index in [0.717, 1.165) is 0 Å². The topological polar surface area (TPSA) is 101 Å². The molecule has 90 valence electrons. The molecule has 0 aliphatic carbocycles. The van der Waals surface area contributed by atoms with Crippen LogP contribution in [0, 0.1) is 10.1 Å². The van der Waals surface area contributed by atoms with Crippen LogP contribution in [0.5, 0.6) is 0 Å². The molecule has 4 N–H and O–H groups in total. The summed E-state index contributed by atoms with van der Waals surface area (Å²) in [6, 6.07) is 1.45. The number of nitrogens with two attached hydrogens (primary N) is 1. The predicted molar refractivity (Wildman–Crippen MR) is 63.1 cm³/mol. The number of halogens is 4. The number of nitrogens with one attached hydrogen (secondary N) is 1. The standard InChI is InChI=1S/C6H4Cl4N2.HNO3/c7-2-1-3(8)5(10)6(12-11)4(2)9;2-1(3)4/h1,12H,11H2;(H,2,3,4). The van der Waals surface area contributed by atoms with Gasteiger partial charge in [0.1, 0.15) is 0 Å². The van der Waals surface area contributed by atoms with E-state index < -0.39 is 5.09 Å². The number of hydrogen-bond donors (Lipinski definition) is 3. The zero-order chi connectivity index (χ0) is 12.9. The summed E-state index contributed by atoms with van der Waals surface area (Å²) < 4.78 is 0. The van der Waals surface area contributed by atoms with Gasteiger partial charge in [0.25, 0.3) is 5.09 Å². The Balaban J connectivity index is 0.000000487. The maximum Gasteiger partial charge on any atom is 0.291 e. The summed E-state index contributed by atoms with van der Waals surface area (Å²) in [5.74, 6) is 5.15. The molecule has 0 spiro atoms. The number of hydrogen-bond acceptors (Lipinski definition) is 4. The normalized spacial score (nSPS) is 9.06. The summed E-state index contributed by atoms with van der Waals surface area (Å²) in [5.41, 5.74) is 2.64. The second-order valence-corrected chi connectivity index (χ2v) is 3.80. The van der Waals surface area contributed by atoms with Crippen LogP contribution >= 0.6 is 46.4 Å². The van der Waals surface area contributed by atoms with Crippen molar-refractivity contribution >= 4 is 52.1 Å². The van der Waals surface area contributed by atoms with E-state index in [1.165, 1.54) is 6.07 Å². The summed E-state index contributed by atoms with van der Waals surface area (Å²) in [7, 11) is 0. The second kappa shape index (κ2) is 6.82. The van der Waals surface area contributed by atoms with Gasteiger partial charge in [-0.3, -0.25) is 5.84 Å². The molecule has 0 heterocycles. The minimum atomic E-state index is -1.50. The highest BCUT2D eigenvalue weighted by Crippen LogP contribution is 2.40. The van der Waals surface area contributed by atoms with Crippen molar-refractivity contribution in [1.82, 2.24) is 0 Å². The lowest BCUT2D eigenvalue weighted by Gasteiger charge is -2.08. The molecule has 1 aromatic carbocycles. The molecule has 0 unspecified atom stereocenters. The first kappa shape index (κ1) is 15.3. The molecule has 1 rings (SSSR count). The van der Waals surface area contributed by atoms with Gasteiger partial charge in [0.2, 0.25) is 0 Å². The highest BCUT2D eigenvalue weighted by Gasteiger charge is 2.12. The summed E-state index contributed by atoms with van der Waals surface area (Å²) in [6.45, 7) is 0. The summed E-state index contributed by atoms with van der Waals surface area (Å²) in [6.07, 6.45) is 0. The highest BCUT2D eigenvalue weighted by atomic mass is 35.5. The highest BCUT2D eigenvalue weighted by molar-refractivity contribution is 6.50. The van der Waals surface area contributed by atoms with E-state index in [1.807, 2.05) is 0 Å². The van der Waals surface area contributed by atoms with Crippen molar-refractivity contribution in [1.29, 1.82) is 0 Å². The minimum Gasteiger partial charge on any atom is -0.328 e. The maximum atomic E-state index is 8.36. The average molecular weight is 309 g/mol. The maximum absolute atomic E-state index is 8.36. The Kier molecular flexibility index (Phi) is 6.54. The molecule has 0 amide bonds. The van der Waals surface area contributed by atoms with E-state index in [0.29, 0.717) is 15.7 Å². The van der Waals surface area contributed by atoms with Gasteiger partial charge in [-0.15, -0.1) is 10.1 Å². The first-order chi connectivity index (χ1) is 7.31. The van der Waals surface area contributed by atoms with E-state index in [2.05, 4.69) is 5.43 Å². The van der Waals surface area contributed by atoms with Crippen LogP contribution < -0.4 is 11.3 Å². The van der Waals surface area contributed by atoms with Crippen LogP contribution in [0.3, 0.4) is 0 Å². The van der Waals surface area contributed by atoms with Crippen LogP contribution in [-0.2, 0) is 0 Å². The second-order valence-electron chi connectivity index (χ2n) is 2.23. The molecule has 0 saturated carbocycles. The Morgan fingerprint density at radius 1 is 1.25 bits per heavy atom. The monoisotopic (exact) mass is 307 g/mol. The van der Waals surface area contributed by atoms with Gasteiger partial charge < -0.3 is 10.6 Å². The van der Waals surface area contributed by atoms with E-state index in [-0.39, 0.29) is 10.0 Å².